The molecule has 0 N–H and O–H groups in total. The second-order valence-electron chi connectivity index (χ2n) is 4.75. The van der Waals surface area contributed by atoms with Crippen molar-refractivity contribution >= 4 is 49.5 Å². The zero-order valence-electron chi connectivity index (χ0n) is 13.7. The highest BCUT2D eigenvalue weighted by Gasteiger charge is 2.07. The van der Waals surface area contributed by atoms with E-state index in [4.69, 9.17) is 17.7 Å². The average Bonchev–Trinajstić information content (AvgIpc) is 2.44. The van der Waals surface area contributed by atoms with Gasteiger partial charge in [0.2, 0.25) is 19.5 Å². The minimum Gasteiger partial charge on any atom is -0.462 e. The highest BCUT2D eigenvalue weighted by molar-refractivity contribution is 6.56. The second kappa shape index (κ2) is 14.3. The van der Waals surface area contributed by atoms with Gasteiger partial charge < -0.3 is 17.7 Å². The Hall–Kier alpha value is -0.272. The Morgan fingerprint density at radius 2 is 1.14 bits per heavy atom. The molecule has 0 unspecified atom stereocenters. The van der Waals surface area contributed by atoms with Gasteiger partial charge in [-0.05, 0) is 38.3 Å². The standard InChI is InChI=1S/C12H24O6Si4/c1-21(2)17-19-9-5-11(13)15-7-8-16-12(14)6-10-20-18-22(3)4/h5-10H2,1-4H3. The topological polar surface area (TPSA) is 71.1 Å². The highest BCUT2D eigenvalue weighted by Crippen LogP contribution is 1.97. The third-order valence-corrected chi connectivity index (χ3v) is 7.35. The molecule has 0 aliphatic heterocycles. The summed E-state index contributed by atoms with van der Waals surface area (Å²) in [5.41, 5.74) is 0. The zero-order chi connectivity index (χ0) is 16.8. The lowest BCUT2D eigenvalue weighted by Gasteiger charge is -2.07. The van der Waals surface area contributed by atoms with Gasteiger partial charge in [-0.2, -0.15) is 0 Å². The van der Waals surface area contributed by atoms with Crippen molar-refractivity contribution < 1.29 is 27.3 Å². The van der Waals surface area contributed by atoms with E-state index in [2.05, 4.69) is 26.2 Å². The first-order chi connectivity index (χ1) is 10.4. The van der Waals surface area contributed by atoms with Crippen molar-refractivity contribution in [2.45, 2.75) is 51.1 Å². The van der Waals surface area contributed by atoms with Gasteiger partial charge in [-0.25, -0.2) is 0 Å². The van der Waals surface area contributed by atoms with Gasteiger partial charge in [0.25, 0.3) is 0 Å². The lowest BCUT2D eigenvalue weighted by atomic mass is 10.5. The van der Waals surface area contributed by atoms with Crippen LogP contribution >= 0.6 is 0 Å². The van der Waals surface area contributed by atoms with Crippen molar-refractivity contribution in [1.29, 1.82) is 0 Å². The predicted molar refractivity (Wildman–Crippen MR) is 89.4 cm³/mol. The Kier molecular flexibility index (Phi) is 14.2. The summed E-state index contributed by atoms with van der Waals surface area (Å²) in [7, 11) is -0.653. The molecule has 0 aromatic rings. The summed E-state index contributed by atoms with van der Waals surface area (Å²) in [6.45, 7) is 8.45. The molecule has 10 heteroatoms. The van der Waals surface area contributed by atoms with Gasteiger partial charge in [0.15, 0.2) is 18.1 Å². The second-order valence-corrected chi connectivity index (χ2v) is 11.6. The molecular weight excluding hydrogens is 352 g/mol. The Balaban J connectivity index is 3.39. The summed E-state index contributed by atoms with van der Waals surface area (Å²) in [4.78, 5) is 22.8. The number of carbonyl (C=O) groups is 2. The van der Waals surface area contributed by atoms with E-state index in [1.807, 2.05) is 0 Å². The van der Waals surface area contributed by atoms with E-state index in [9.17, 15) is 9.59 Å². The summed E-state index contributed by atoms with van der Waals surface area (Å²) < 4.78 is 20.9. The summed E-state index contributed by atoms with van der Waals surface area (Å²) in [6, 6.07) is 1.38. The minimum absolute atomic E-state index is 0.112. The van der Waals surface area contributed by atoms with Gasteiger partial charge in [0.05, 0.1) is 0 Å². The first-order valence-electron chi connectivity index (χ1n) is 7.12. The zero-order valence-corrected chi connectivity index (χ0v) is 17.7. The minimum atomic E-state index is -0.681. The molecule has 0 aliphatic rings. The van der Waals surface area contributed by atoms with Gasteiger partial charge in [0.1, 0.15) is 13.2 Å². The number of ether oxygens (including phenoxy) is 2. The van der Waals surface area contributed by atoms with Crippen molar-refractivity contribution in [3.05, 3.63) is 0 Å². The molecule has 6 radical (unpaired) electrons. The molecule has 0 atom stereocenters. The van der Waals surface area contributed by atoms with Crippen LogP contribution in [0.2, 0.25) is 38.3 Å². The maximum Gasteiger partial charge on any atom is 0.305 e. The van der Waals surface area contributed by atoms with Crippen LogP contribution in [-0.4, -0.2) is 62.8 Å². The molecule has 0 aromatic carbocycles. The fourth-order valence-electron chi connectivity index (χ4n) is 1.15. The fraction of sp³-hybridized carbons (Fsp3) is 0.833. The van der Waals surface area contributed by atoms with Crippen LogP contribution in [0.3, 0.4) is 0 Å². The molecule has 0 bridgehead atoms. The van der Waals surface area contributed by atoms with Crippen LogP contribution in [0.25, 0.3) is 0 Å². The molecule has 0 amide bonds. The third-order valence-electron chi connectivity index (χ3n) is 2.02. The van der Waals surface area contributed by atoms with Crippen LogP contribution < -0.4 is 0 Å². The van der Waals surface area contributed by atoms with Gasteiger partial charge in [-0.1, -0.05) is 0 Å². The number of esters is 2. The fourth-order valence-corrected chi connectivity index (χ4v) is 4.89. The van der Waals surface area contributed by atoms with E-state index in [-0.39, 0.29) is 25.2 Å². The third kappa shape index (κ3) is 16.1. The lowest BCUT2D eigenvalue weighted by molar-refractivity contribution is -0.151. The maximum atomic E-state index is 11.4. The Labute approximate surface area is 141 Å². The van der Waals surface area contributed by atoms with Gasteiger partial charge >= 0.3 is 11.9 Å². The molecule has 0 fully saturated rings. The maximum absolute atomic E-state index is 11.4. The van der Waals surface area contributed by atoms with Crippen LogP contribution in [0.1, 0.15) is 12.8 Å². The van der Waals surface area contributed by atoms with Crippen molar-refractivity contribution in [2.75, 3.05) is 13.2 Å². The van der Waals surface area contributed by atoms with Crippen LogP contribution in [0.4, 0.5) is 0 Å². The Bertz CT molecular complexity index is 284. The largest absolute Gasteiger partial charge is 0.462 e. The molecule has 0 spiro atoms. The quantitative estimate of drug-likeness (QED) is 0.275. The molecule has 22 heavy (non-hydrogen) atoms. The van der Waals surface area contributed by atoms with Crippen molar-refractivity contribution in [2.24, 2.45) is 0 Å². The van der Waals surface area contributed by atoms with Crippen molar-refractivity contribution in [3.8, 4) is 0 Å². The first-order valence-corrected chi connectivity index (χ1v) is 14.2. The number of hydrogen-bond acceptors (Lipinski definition) is 6. The van der Waals surface area contributed by atoms with E-state index in [0.29, 0.717) is 44.5 Å². The molecule has 0 rings (SSSR count). The Morgan fingerprint density at radius 1 is 0.773 bits per heavy atom. The molecule has 6 nitrogen and oxygen atoms in total. The van der Waals surface area contributed by atoms with E-state index in [1.54, 1.807) is 0 Å². The van der Waals surface area contributed by atoms with Crippen LogP contribution in [-0.2, 0) is 27.3 Å². The normalized spacial score (nSPS) is 11.0. The van der Waals surface area contributed by atoms with Crippen molar-refractivity contribution in [3.63, 3.8) is 0 Å². The van der Waals surface area contributed by atoms with Crippen molar-refractivity contribution in [1.82, 2.24) is 0 Å². The monoisotopic (exact) mass is 376 g/mol. The molecule has 124 valence electrons. The molecular formula is C12H24O6Si4. The smallest absolute Gasteiger partial charge is 0.305 e. The summed E-state index contributed by atoms with van der Waals surface area (Å²) in [5.74, 6) is -0.549. The SMILES string of the molecule is C[Si](C)O[Si]CCC(=O)OCCOC(=O)CC[Si]O[Si](C)C. The number of hydrogen-bond donors (Lipinski definition) is 0. The van der Waals surface area contributed by atoms with E-state index >= 15 is 0 Å². The molecule has 0 saturated heterocycles. The number of rotatable bonds is 13. The van der Waals surface area contributed by atoms with E-state index in [0.717, 1.165) is 0 Å². The van der Waals surface area contributed by atoms with Crippen LogP contribution in [0, 0.1) is 0 Å². The van der Waals surface area contributed by atoms with E-state index in [1.165, 1.54) is 0 Å². The molecule has 0 aromatic heterocycles. The van der Waals surface area contributed by atoms with E-state index < -0.39 is 18.1 Å². The van der Waals surface area contributed by atoms with Crippen LogP contribution in [0.5, 0.6) is 0 Å². The number of carbonyl (C=O) groups excluding carboxylic acids is 2. The Morgan fingerprint density at radius 3 is 1.45 bits per heavy atom. The van der Waals surface area contributed by atoms with Gasteiger partial charge in [-0.15, -0.1) is 0 Å². The summed E-state index contributed by atoms with van der Waals surface area (Å²) in [5, 5.41) is 0. The summed E-state index contributed by atoms with van der Waals surface area (Å²) in [6.07, 6.45) is 0.691. The molecule has 0 saturated carbocycles. The lowest BCUT2D eigenvalue weighted by Crippen LogP contribution is -2.16. The molecule has 0 heterocycles. The summed E-state index contributed by atoms with van der Waals surface area (Å²) >= 11 is 0. The van der Waals surface area contributed by atoms with Gasteiger partial charge in [-0.3, -0.25) is 9.59 Å². The first kappa shape index (κ1) is 21.7. The average molecular weight is 377 g/mol. The van der Waals surface area contributed by atoms with Gasteiger partial charge in [0, 0.05) is 12.8 Å². The predicted octanol–water partition coefficient (Wildman–Crippen LogP) is 1.46. The van der Waals surface area contributed by atoms with Crippen LogP contribution in [0.15, 0.2) is 0 Å². The highest BCUT2D eigenvalue weighted by atomic mass is 28.3. The molecule has 0 aliphatic carbocycles.